The maximum Gasteiger partial charge on any atom is 0.417 e. The summed E-state index contributed by atoms with van der Waals surface area (Å²) in [6.07, 6.45) is -4.18. The Hall–Kier alpha value is -3.56. The maximum atomic E-state index is 13.8. The van der Waals surface area contributed by atoms with E-state index in [4.69, 9.17) is 13.9 Å². The first-order chi connectivity index (χ1) is 15.4. The fourth-order valence-corrected chi connectivity index (χ4v) is 3.03. The predicted octanol–water partition coefficient (Wildman–Crippen LogP) is 5.72. The van der Waals surface area contributed by atoms with Crippen molar-refractivity contribution in [3.63, 3.8) is 0 Å². The Bertz CT molecular complexity index is 1180. The van der Waals surface area contributed by atoms with Crippen LogP contribution < -0.4 is 5.32 Å². The number of benzene rings is 1. The van der Waals surface area contributed by atoms with Gasteiger partial charge in [-0.25, -0.2) is 9.59 Å². The first kappa shape index (κ1) is 24.1. The van der Waals surface area contributed by atoms with Gasteiger partial charge in [0.2, 0.25) is 0 Å². The number of alkyl carbamates (subject to hydrolysis) is 1. The van der Waals surface area contributed by atoms with Gasteiger partial charge < -0.3 is 19.2 Å². The number of rotatable bonds is 5. The van der Waals surface area contributed by atoms with Gasteiger partial charge in [-0.3, -0.25) is 4.98 Å². The van der Waals surface area contributed by atoms with Gasteiger partial charge in [-0.1, -0.05) is 0 Å². The summed E-state index contributed by atoms with van der Waals surface area (Å²) < 4.78 is 56.9. The second-order valence-corrected chi connectivity index (χ2v) is 8.15. The number of aromatic nitrogens is 1. The standard InChI is InChI=1S/C23H23F3N2O5/c1-5-31-20(29)14-8-13-9-16(17(23(24,25)26)10-18(13)27-11-14)19-7-6-15(32-19)12-28-21(30)33-22(2,3)4/h6-11H,5,12H2,1-4H3,(H,28,30). The number of nitrogens with one attached hydrogen (secondary N) is 1. The Morgan fingerprint density at radius 1 is 1.12 bits per heavy atom. The number of carbonyl (C=O) groups excluding carboxylic acids is 2. The molecule has 2 aromatic heterocycles. The molecule has 0 aliphatic rings. The molecule has 2 heterocycles. The van der Waals surface area contributed by atoms with Crippen LogP contribution >= 0.6 is 0 Å². The molecule has 1 N–H and O–H groups in total. The van der Waals surface area contributed by atoms with E-state index in [9.17, 15) is 22.8 Å². The third-order valence-corrected chi connectivity index (χ3v) is 4.37. The van der Waals surface area contributed by atoms with Gasteiger partial charge in [-0.2, -0.15) is 13.2 Å². The predicted molar refractivity (Wildman–Crippen MR) is 113 cm³/mol. The molecular formula is C23H23F3N2O5. The van der Waals surface area contributed by atoms with Gasteiger partial charge in [-0.15, -0.1) is 0 Å². The van der Waals surface area contributed by atoms with E-state index in [1.165, 1.54) is 30.5 Å². The van der Waals surface area contributed by atoms with E-state index >= 15 is 0 Å². The van der Waals surface area contributed by atoms with Crippen molar-refractivity contribution in [1.29, 1.82) is 0 Å². The number of pyridine rings is 1. The molecule has 3 aromatic rings. The van der Waals surface area contributed by atoms with Crippen LogP contribution in [0.15, 0.2) is 40.9 Å². The fraction of sp³-hybridized carbons (Fsp3) is 0.348. The Morgan fingerprint density at radius 3 is 2.48 bits per heavy atom. The van der Waals surface area contributed by atoms with Crippen molar-refractivity contribution in [1.82, 2.24) is 10.3 Å². The highest BCUT2D eigenvalue weighted by Crippen LogP contribution is 2.40. The quantitative estimate of drug-likeness (QED) is 0.486. The lowest BCUT2D eigenvalue weighted by molar-refractivity contribution is -0.137. The third kappa shape index (κ3) is 6.03. The van der Waals surface area contributed by atoms with Gasteiger partial charge in [0.05, 0.1) is 29.8 Å². The number of nitrogens with zero attached hydrogens (tertiary/aromatic N) is 1. The average Bonchev–Trinajstić information content (AvgIpc) is 3.18. The summed E-state index contributed by atoms with van der Waals surface area (Å²) in [6, 6.07) is 6.42. The number of amides is 1. The van der Waals surface area contributed by atoms with Gasteiger partial charge >= 0.3 is 18.2 Å². The number of hydrogen-bond donors (Lipinski definition) is 1. The van der Waals surface area contributed by atoms with E-state index in [1.807, 2.05) is 0 Å². The van der Waals surface area contributed by atoms with Crippen LogP contribution in [0.5, 0.6) is 0 Å². The molecule has 0 atom stereocenters. The number of hydrogen-bond acceptors (Lipinski definition) is 6. The van der Waals surface area contributed by atoms with Crippen molar-refractivity contribution in [2.75, 3.05) is 6.61 Å². The highest BCUT2D eigenvalue weighted by molar-refractivity contribution is 5.95. The molecule has 0 saturated heterocycles. The van der Waals surface area contributed by atoms with Crippen molar-refractivity contribution in [2.45, 2.75) is 46.0 Å². The normalized spacial score (nSPS) is 12.0. The molecule has 0 aliphatic heterocycles. The minimum absolute atomic E-state index is 0.0493. The Labute approximate surface area is 187 Å². The Morgan fingerprint density at radius 2 is 1.85 bits per heavy atom. The Kier molecular flexibility index (Phi) is 6.66. The summed E-state index contributed by atoms with van der Waals surface area (Å²) in [4.78, 5) is 27.8. The number of fused-ring (bicyclic) bond motifs is 1. The van der Waals surface area contributed by atoms with Crippen LogP contribution in [0.1, 0.15) is 49.4 Å². The van der Waals surface area contributed by atoms with E-state index < -0.39 is 29.4 Å². The molecule has 0 saturated carbocycles. The van der Waals surface area contributed by atoms with Gasteiger partial charge in [0, 0.05) is 17.1 Å². The molecule has 33 heavy (non-hydrogen) atoms. The van der Waals surface area contributed by atoms with Crippen LogP contribution in [-0.4, -0.2) is 29.3 Å². The first-order valence-electron chi connectivity index (χ1n) is 10.1. The number of furan rings is 1. The summed E-state index contributed by atoms with van der Waals surface area (Å²) in [5.74, 6) is -0.434. The fourth-order valence-electron chi connectivity index (χ4n) is 3.03. The molecule has 3 rings (SSSR count). The lowest BCUT2D eigenvalue weighted by Crippen LogP contribution is -2.32. The number of alkyl halides is 3. The minimum atomic E-state index is -4.67. The average molecular weight is 464 g/mol. The third-order valence-electron chi connectivity index (χ3n) is 4.37. The summed E-state index contributed by atoms with van der Waals surface area (Å²) in [5, 5.41) is 2.80. The van der Waals surface area contributed by atoms with E-state index in [0.29, 0.717) is 5.39 Å². The molecule has 7 nitrogen and oxygen atoms in total. The van der Waals surface area contributed by atoms with E-state index in [0.717, 1.165) is 6.07 Å². The molecule has 10 heteroatoms. The van der Waals surface area contributed by atoms with Crippen molar-refractivity contribution >= 4 is 23.0 Å². The zero-order valence-electron chi connectivity index (χ0n) is 18.5. The SMILES string of the molecule is CCOC(=O)c1cnc2cc(C(F)(F)F)c(-c3ccc(CNC(=O)OC(C)(C)C)o3)cc2c1. The summed E-state index contributed by atoms with van der Waals surface area (Å²) in [6.45, 7) is 6.85. The molecular weight excluding hydrogens is 441 g/mol. The second kappa shape index (κ2) is 9.13. The monoisotopic (exact) mass is 464 g/mol. The molecule has 0 spiro atoms. The smallest absolute Gasteiger partial charge is 0.417 e. The minimum Gasteiger partial charge on any atom is -0.462 e. The molecule has 1 aromatic carbocycles. The van der Waals surface area contributed by atoms with E-state index in [2.05, 4.69) is 10.3 Å². The highest BCUT2D eigenvalue weighted by atomic mass is 19.4. The molecule has 0 bridgehead atoms. The zero-order chi connectivity index (χ0) is 24.4. The summed E-state index contributed by atoms with van der Waals surface area (Å²) in [7, 11) is 0. The molecule has 0 unspecified atom stereocenters. The van der Waals surface area contributed by atoms with Gasteiger partial charge in [0.1, 0.15) is 17.1 Å². The number of ether oxygens (including phenoxy) is 2. The van der Waals surface area contributed by atoms with E-state index in [-0.39, 0.29) is 41.3 Å². The Balaban J connectivity index is 1.95. The summed E-state index contributed by atoms with van der Waals surface area (Å²) >= 11 is 0. The number of halogens is 3. The molecule has 1 amide bonds. The van der Waals surface area contributed by atoms with E-state index in [1.54, 1.807) is 27.7 Å². The van der Waals surface area contributed by atoms with Gasteiger partial charge in [0.15, 0.2) is 0 Å². The lowest BCUT2D eigenvalue weighted by Gasteiger charge is -2.19. The van der Waals surface area contributed by atoms with Crippen molar-refractivity contribution in [3.05, 3.63) is 53.4 Å². The largest absolute Gasteiger partial charge is 0.462 e. The highest BCUT2D eigenvalue weighted by Gasteiger charge is 2.35. The topological polar surface area (TPSA) is 90.7 Å². The second-order valence-electron chi connectivity index (χ2n) is 8.15. The van der Waals surface area contributed by atoms with Crippen molar-refractivity contribution in [3.8, 4) is 11.3 Å². The van der Waals surface area contributed by atoms with Crippen LogP contribution in [0.2, 0.25) is 0 Å². The molecule has 176 valence electrons. The molecule has 0 radical (unpaired) electrons. The summed E-state index contributed by atoms with van der Waals surface area (Å²) in [5.41, 5.74) is -1.66. The van der Waals surface area contributed by atoms with Gasteiger partial charge in [0.25, 0.3) is 0 Å². The maximum absolute atomic E-state index is 13.8. The number of esters is 1. The van der Waals surface area contributed by atoms with Crippen LogP contribution in [0.4, 0.5) is 18.0 Å². The van der Waals surface area contributed by atoms with Crippen LogP contribution in [0.3, 0.4) is 0 Å². The van der Waals surface area contributed by atoms with Crippen molar-refractivity contribution < 1.29 is 36.7 Å². The first-order valence-corrected chi connectivity index (χ1v) is 10.1. The van der Waals surface area contributed by atoms with Gasteiger partial charge in [-0.05, 0) is 58.0 Å². The van der Waals surface area contributed by atoms with Crippen LogP contribution in [0, 0.1) is 0 Å². The lowest BCUT2D eigenvalue weighted by atomic mass is 10.0. The van der Waals surface area contributed by atoms with Crippen LogP contribution in [-0.2, 0) is 22.2 Å². The molecule has 0 fully saturated rings. The molecule has 0 aliphatic carbocycles. The van der Waals surface area contributed by atoms with Crippen LogP contribution in [0.25, 0.3) is 22.2 Å². The number of carbonyl (C=O) groups is 2. The zero-order valence-corrected chi connectivity index (χ0v) is 18.5. The van der Waals surface area contributed by atoms with Crippen molar-refractivity contribution in [2.24, 2.45) is 0 Å².